The first-order chi connectivity index (χ1) is 9.60. The molecule has 0 saturated carbocycles. The van der Waals surface area contributed by atoms with Crippen LogP contribution < -0.4 is 10.6 Å². The number of nitrogens with one attached hydrogen (secondary N) is 2. The van der Waals surface area contributed by atoms with Crippen molar-refractivity contribution in [3.63, 3.8) is 0 Å². The monoisotopic (exact) mass is 281 g/mol. The second-order valence-corrected chi connectivity index (χ2v) is 4.05. The Balaban J connectivity index is 2.75. The topological polar surface area (TPSA) is 93.5 Å². The molecule has 0 atom stereocenters. The van der Waals surface area contributed by atoms with E-state index in [9.17, 15) is 14.9 Å². The average Bonchev–Trinajstić information content (AvgIpc) is 2.46. The molecule has 0 bridgehead atoms. The number of nitro groups is 1. The maximum Gasteiger partial charge on any atom is 0.293 e. The van der Waals surface area contributed by atoms with E-state index in [1.165, 1.54) is 13.1 Å². The number of amides is 1. The summed E-state index contributed by atoms with van der Waals surface area (Å²) in [6.07, 6.45) is 0.752. The Morgan fingerprint density at radius 2 is 2.20 bits per heavy atom. The Morgan fingerprint density at radius 3 is 2.80 bits per heavy atom. The van der Waals surface area contributed by atoms with Gasteiger partial charge in [-0.3, -0.25) is 14.9 Å². The average molecular weight is 281 g/mol. The molecule has 0 aliphatic heterocycles. The summed E-state index contributed by atoms with van der Waals surface area (Å²) in [5.41, 5.74) is 0.556. The van der Waals surface area contributed by atoms with Gasteiger partial charge in [-0.2, -0.15) is 0 Å². The summed E-state index contributed by atoms with van der Waals surface area (Å²) < 4.78 is 5.19. The van der Waals surface area contributed by atoms with E-state index in [4.69, 9.17) is 4.74 Å². The molecule has 20 heavy (non-hydrogen) atoms. The molecule has 110 valence electrons. The minimum atomic E-state index is -0.503. The van der Waals surface area contributed by atoms with Crippen LogP contribution in [0.5, 0.6) is 0 Å². The molecule has 2 N–H and O–H groups in total. The maximum absolute atomic E-state index is 11.5. The van der Waals surface area contributed by atoms with E-state index in [0.717, 1.165) is 6.42 Å². The minimum absolute atomic E-state index is 0.109. The molecule has 0 aliphatic rings. The van der Waals surface area contributed by atoms with Crippen molar-refractivity contribution in [1.82, 2.24) is 5.32 Å². The maximum atomic E-state index is 11.5. The number of rotatable bonds is 8. The third-order valence-corrected chi connectivity index (χ3v) is 2.67. The SMILES string of the molecule is CCOCCCNc1ccc(C(=O)NC)cc1[N+](=O)[O-]. The van der Waals surface area contributed by atoms with E-state index in [-0.39, 0.29) is 17.2 Å². The van der Waals surface area contributed by atoms with E-state index in [1.54, 1.807) is 12.1 Å². The van der Waals surface area contributed by atoms with Crippen molar-refractivity contribution in [3.8, 4) is 0 Å². The van der Waals surface area contributed by atoms with Crippen molar-refractivity contribution in [2.24, 2.45) is 0 Å². The summed E-state index contributed by atoms with van der Waals surface area (Å²) in [5, 5.41) is 16.4. The number of carbonyl (C=O) groups excluding carboxylic acids is 1. The lowest BCUT2D eigenvalue weighted by Crippen LogP contribution is -2.18. The molecule has 0 aliphatic carbocycles. The fraction of sp³-hybridized carbons (Fsp3) is 0.462. The van der Waals surface area contributed by atoms with Gasteiger partial charge in [-0.15, -0.1) is 0 Å². The van der Waals surface area contributed by atoms with Crippen molar-refractivity contribution < 1.29 is 14.5 Å². The number of anilines is 1. The lowest BCUT2D eigenvalue weighted by Gasteiger charge is -2.08. The second kappa shape index (κ2) is 8.11. The molecule has 1 aromatic carbocycles. The zero-order valence-electron chi connectivity index (χ0n) is 11.6. The highest BCUT2D eigenvalue weighted by Gasteiger charge is 2.16. The van der Waals surface area contributed by atoms with E-state index >= 15 is 0 Å². The Morgan fingerprint density at radius 1 is 1.45 bits per heavy atom. The van der Waals surface area contributed by atoms with Gasteiger partial charge in [0.05, 0.1) is 4.92 Å². The van der Waals surface area contributed by atoms with Crippen LogP contribution in [0.25, 0.3) is 0 Å². The molecule has 0 radical (unpaired) electrons. The molecule has 0 saturated heterocycles. The van der Waals surface area contributed by atoms with Crippen molar-refractivity contribution in [3.05, 3.63) is 33.9 Å². The molecule has 0 unspecified atom stereocenters. The van der Waals surface area contributed by atoms with E-state index in [2.05, 4.69) is 10.6 Å². The van der Waals surface area contributed by atoms with Crippen LogP contribution in [0.4, 0.5) is 11.4 Å². The van der Waals surface area contributed by atoms with Gasteiger partial charge >= 0.3 is 0 Å². The lowest BCUT2D eigenvalue weighted by atomic mass is 10.1. The first-order valence-corrected chi connectivity index (χ1v) is 6.42. The Labute approximate surface area is 117 Å². The molecule has 7 nitrogen and oxygen atoms in total. The van der Waals surface area contributed by atoms with Gasteiger partial charge in [0.25, 0.3) is 11.6 Å². The summed E-state index contributed by atoms with van der Waals surface area (Å²) in [6.45, 7) is 3.74. The zero-order valence-corrected chi connectivity index (χ0v) is 11.6. The van der Waals surface area contributed by atoms with E-state index in [0.29, 0.717) is 25.4 Å². The number of benzene rings is 1. The van der Waals surface area contributed by atoms with Crippen LogP contribution in [0.3, 0.4) is 0 Å². The van der Waals surface area contributed by atoms with Gasteiger partial charge in [-0.1, -0.05) is 0 Å². The molecular weight excluding hydrogens is 262 g/mol. The number of hydrogen-bond donors (Lipinski definition) is 2. The third kappa shape index (κ3) is 4.51. The molecule has 0 spiro atoms. The smallest absolute Gasteiger partial charge is 0.293 e. The van der Waals surface area contributed by atoms with Gasteiger partial charge in [0.2, 0.25) is 0 Å². The van der Waals surface area contributed by atoms with Crippen LogP contribution in [-0.4, -0.2) is 37.6 Å². The molecule has 0 heterocycles. The minimum Gasteiger partial charge on any atom is -0.382 e. The van der Waals surface area contributed by atoms with Gasteiger partial charge in [-0.25, -0.2) is 0 Å². The Hall–Kier alpha value is -2.15. The Bertz CT molecular complexity index is 477. The van der Waals surface area contributed by atoms with Crippen molar-refractivity contribution in [1.29, 1.82) is 0 Å². The summed E-state index contributed by atoms with van der Waals surface area (Å²) >= 11 is 0. The van der Waals surface area contributed by atoms with Gasteiger partial charge in [-0.05, 0) is 25.5 Å². The highest BCUT2D eigenvalue weighted by molar-refractivity contribution is 5.95. The quantitative estimate of drug-likeness (QED) is 0.430. The van der Waals surface area contributed by atoms with Gasteiger partial charge in [0.15, 0.2) is 0 Å². The standard InChI is InChI=1S/C13H19N3O4/c1-3-20-8-4-7-15-11-6-5-10(13(17)14-2)9-12(11)16(18)19/h5-6,9,15H,3-4,7-8H2,1-2H3,(H,14,17). The third-order valence-electron chi connectivity index (χ3n) is 2.67. The van der Waals surface area contributed by atoms with E-state index < -0.39 is 4.92 Å². The van der Waals surface area contributed by atoms with Crippen molar-refractivity contribution in [2.75, 3.05) is 32.1 Å². The molecule has 0 fully saturated rings. The highest BCUT2D eigenvalue weighted by atomic mass is 16.6. The predicted octanol–water partition coefficient (Wildman–Crippen LogP) is 1.79. The van der Waals surface area contributed by atoms with Gasteiger partial charge in [0.1, 0.15) is 5.69 Å². The molecule has 1 rings (SSSR count). The second-order valence-electron chi connectivity index (χ2n) is 4.05. The van der Waals surface area contributed by atoms with Crippen LogP contribution >= 0.6 is 0 Å². The number of carbonyl (C=O) groups is 1. The molecule has 1 amide bonds. The fourth-order valence-electron chi connectivity index (χ4n) is 1.66. The number of ether oxygens (including phenoxy) is 1. The molecular formula is C13H19N3O4. The largest absolute Gasteiger partial charge is 0.382 e. The fourth-order valence-corrected chi connectivity index (χ4v) is 1.66. The van der Waals surface area contributed by atoms with Crippen molar-refractivity contribution >= 4 is 17.3 Å². The number of nitrogens with zero attached hydrogens (tertiary/aromatic N) is 1. The van der Waals surface area contributed by atoms with E-state index in [1.807, 2.05) is 6.92 Å². The normalized spacial score (nSPS) is 10.1. The highest BCUT2D eigenvalue weighted by Crippen LogP contribution is 2.25. The predicted molar refractivity (Wildman–Crippen MR) is 76.1 cm³/mol. The number of nitro benzene ring substituents is 1. The van der Waals surface area contributed by atoms with Crippen LogP contribution in [-0.2, 0) is 4.74 Å². The van der Waals surface area contributed by atoms with Gasteiger partial charge in [0, 0.05) is 38.4 Å². The zero-order chi connectivity index (χ0) is 15.0. The summed E-state index contributed by atoms with van der Waals surface area (Å²) in [5.74, 6) is -0.351. The molecule has 0 aromatic heterocycles. The van der Waals surface area contributed by atoms with Crippen molar-refractivity contribution in [2.45, 2.75) is 13.3 Å². The Kier molecular flexibility index (Phi) is 6.45. The summed E-state index contributed by atoms with van der Waals surface area (Å²) in [4.78, 5) is 22.0. The van der Waals surface area contributed by atoms with Crippen LogP contribution in [0, 0.1) is 10.1 Å². The first kappa shape index (κ1) is 15.9. The van der Waals surface area contributed by atoms with Crippen LogP contribution in [0.15, 0.2) is 18.2 Å². The summed E-state index contributed by atoms with van der Waals surface area (Å²) in [6, 6.07) is 4.36. The lowest BCUT2D eigenvalue weighted by molar-refractivity contribution is -0.384. The summed E-state index contributed by atoms with van der Waals surface area (Å²) in [7, 11) is 1.48. The molecule has 7 heteroatoms. The van der Waals surface area contributed by atoms with Gasteiger partial charge < -0.3 is 15.4 Å². The first-order valence-electron chi connectivity index (χ1n) is 6.42. The number of hydrogen-bond acceptors (Lipinski definition) is 5. The van der Waals surface area contributed by atoms with Crippen LogP contribution in [0.1, 0.15) is 23.7 Å². The molecule has 1 aromatic rings. The van der Waals surface area contributed by atoms with Crippen LogP contribution in [0.2, 0.25) is 0 Å².